The molecule has 1 aromatic heterocycles. The van der Waals surface area contributed by atoms with Crippen molar-refractivity contribution in [3.63, 3.8) is 0 Å². The average molecular weight is 824 g/mol. The Morgan fingerprint density at radius 1 is 0.695 bits per heavy atom. The van der Waals surface area contributed by atoms with Gasteiger partial charge in [0, 0.05) is 49.1 Å². The van der Waals surface area contributed by atoms with E-state index in [2.05, 4.69) is 26.6 Å². The van der Waals surface area contributed by atoms with E-state index in [1.54, 1.807) is 57.2 Å². The number of ether oxygens (including phenoxy) is 1. The van der Waals surface area contributed by atoms with Crippen LogP contribution < -0.4 is 26.6 Å². The first-order valence-electron chi connectivity index (χ1n) is 19.3. The lowest BCUT2D eigenvalue weighted by molar-refractivity contribution is -0.155. The van der Waals surface area contributed by atoms with Crippen molar-refractivity contribution < 1.29 is 43.4 Å². The predicted octanol–water partition coefficient (Wildman–Crippen LogP) is 4.32. The van der Waals surface area contributed by atoms with Gasteiger partial charge in [-0.2, -0.15) is 0 Å². The average Bonchev–Trinajstić information content (AvgIpc) is 3.71. The number of benzene rings is 3. The minimum absolute atomic E-state index is 0.0412. The van der Waals surface area contributed by atoms with Crippen LogP contribution in [0.3, 0.4) is 0 Å². The molecule has 2 aliphatic heterocycles. The number of nitrogens with one attached hydrogen (secondary N) is 5. The molecule has 0 spiro atoms. The van der Waals surface area contributed by atoms with Gasteiger partial charge in [0.05, 0.1) is 0 Å². The van der Waals surface area contributed by atoms with Crippen molar-refractivity contribution in [1.29, 1.82) is 0 Å². The summed E-state index contributed by atoms with van der Waals surface area (Å²) in [6.45, 7) is 5.06. The molecule has 5 amide bonds. The maximum absolute atomic E-state index is 14.3. The van der Waals surface area contributed by atoms with Crippen molar-refractivity contribution in [3.05, 3.63) is 112 Å². The summed E-state index contributed by atoms with van der Waals surface area (Å²) in [6, 6.07) is 21.7. The molecule has 15 heteroatoms. The van der Waals surface area contributed by atoms with Gasteiger partial charge in [0.25, 0.3) is 0 Å². The van der Waals surface area contributed by atoms with Gasteiger partial charge in [0.2, 0.25) is 29.5 Å². The molecular weight excluding hydrogens is 775 g/mol. The first-order chi connectivity index (χ1) is 28.1. The third-order valence-electron chi connectivity index (χ3n) is 9.33. The van der Waals surface area contributed by atoms with Gasteiger partial charge >= 0.3 is 11.9 Å². The van der Waals surface area contributed by atoms with E-state index in [9.17, 15) is 38.7 Å². The maximum Gasteiger partial charge on any atom is 0.326 e. The number of carboxylic acid groups (broad SMARTS) is 1. The Labute approximate surface area is 346 Å². The molecule has 59 heavy (non-hydrogen) atoms. The smallest absolute Gasteiger partial charge is 0.326 e. The Hall–Kier alpha value is -6.35. The lowest BCUT2D eigenvalue weighted by Gasteiger charge is -2.26. The fourth-order valence-corrected chi connectivity index (χ4v) is 7.12. The van der Waals surface area contributed by atoms with E-state index in [1.807, 2.05) is 60.0 Å². The monoisotopic (exact) mass is 823 g/mol. The Balaban J connectivity index is 1.49. The Morgan fingerprint density at radius 3 is 1.93 bits per heavy atom. The first-order valence-corrected chi connectivity index (χ1v) is 20.2. The lowest BCUT2D eigenvalue weighted by Crippen LogP contribution is -2.58. The van der Waals surface area contributed by atoms with Gasteiger partial charge in [-0.05, 0) is 73.0 Å². The minimum atomic E-state index is -1.44. The summed E-state index contributed by atoms with van der Waals surface area (Å²) in [6.07, 6.45) is -1.08. The van der Waals surface area contributed by atoms with Gasteiger partial charge in [-0.1, -0.05) is 72.8 Å². The zero-order chi connectivity index (χ0) is 42.5. The molecule has 3 aromatic carbocycles. The van der Waals surface area contributed by atoms with E-state index in [0.717, 1.165) is 16.0 Å². The highest BCUT2D eigenvalue weighted by molar-refractivity contribution is 7.09. The van der Waals surface area contributed by atoms with E-state index in [-0.39, 0.29) is 44.9 Å². The molecule has 0 aliphatic carbocycles. The molecule has 0 saturated carbocycles. The molecule has 4 atom stereocenters. The number of thiophene rings is 1. The largest absolute Gasteiger partial charge is 0.480 e. The van der Waals surface area contributed by atoms with Crippen LogP contribution in [0, 0.1) is 0 Å². The number of amides is 5. The number of carbonyl (C=O) groups excluding carboxylic acids is 6. The van der Waals surface area contributed by atoms with E-state index in [1.165, 1.54) is 11.3 Å². The highest BCUT2D eigenvalue weighted by Gasteiger charge is 2.33. The van der Waals surface area contributed by atoms with Crippen molar-refractivity contribution in [3.8, 4) is 11.1 Å². The third kappa shape index (κ3) is 13.9. The molecule has 310 valence electrons. The minimum Gasteiger partial charge on any atom is -0.480 e. The van der Waals surface area contributed by atoms with E-state index in [0.29, 0.717) is 16.8 Å². The van der Waals surface area contributed by atoms with E-state index < -0.39 is 71.2 Å². The predicted molar refractivity (Wildman–Crippen MR) is 222 cm³/mol. The zero-order valence-electron chi connectivity index (χ0n) is 33.1. The second kappa shape index (κ2) is 20.4. The van der Waals surface area contributed by atoms with Crippen LogP contribution in [0.15, 0.2) is 96.4 Å². The first kappa shape index (κ1) is 43.8. The van der Waals surface area contributed by atoms with Crippen molar-refractivity contribution in [2.24, 2.45) is 0 Å². The molecular formula is C44H49N5O9S. The summed E-state index contributed by atoms with van der Waals surface area (Å²) in [5, 5.41) is 25.4. The zero-order valence-corrected chi connectivity index (χ0v) is 33.9. The van der Waals surface area contributed by atoms with Gasteiger partial charge in [-0.3, -0.25) is 28.8 Å². The highest BCUT2D eigenvalue weighted by atomic mass is 32.1. The number of carboxylic acids is 1. The fraction of sp³-hybridized carbons (Fsp3) is 0.341. The number of rotatable bonds is 9. The number of aliphatic carboxylic acids is 1. The van der Waals surface area contributed by atoms with Crippen LogP contribution in [0.4, 0.5) is 5.69 Å². The Kier molecular flexibility index (Phi) is 15.1. The van der Waals surface area contributed by atoms with Gasteiger partial charge in [0.1, 0.15) is 29.8 Å². The van der Waals surface area contributed by atoms with Crippen molar-refractivity contribution in [1.82, 2.24) is 21.3 Å². The second-order valence-corrected chi connectivity index (χ2v) is 16.3. The molecule has 6 rings (SSSR count). The van der Waals surface area contributed by atoms with Crippen molar-refractivity contribution in [2.75, 3.05) is 5.32 Å². The standard InChI is InChI=1S/C44H49N5O9S/c1-44(2,3)58-39(52)22-19-33-40(53)49-36(43(56)57)25-28-13-17-31(18-14-28)45-37(50)20-21-38(51)46-35(26-32-10-7-23-59-32)42(55)48-34(41(54)47-33)24-27-11-15-30(16-12-27)29-8-5-4-6-9-29/h4-18,23,33-36H,19-22,24-26H2,1-3H3,(H,45,50)(H,46,51)(H,47,54)(H,48,55)(H,49,53)(H,56,57). The molecule has 0 saturated heterocycles. The molecule has 2 bridgehead atoms. The normalized spacial score (nSPS) is 19.9. The molecule has 2 aliphatic rings. The SMILES string of the molecule is CC(C)(C)OC(=O)CCC1NC(=O)C(Cc2ccc(-c3ccccc3)cc2)NC(=O)C(Cc2cccs2)NC(=O)CCC(=O)Nc2ccc(cc2)CC(C(=O)O)NC1=O. The molecule has 0 radical (unpaired) electrons. The van der Waals surface area contributed by atoms with Gasteiger partial charge in [-0.25, -0.2) is 4.79 Å². The van der Waals surface area contributed by atoms with Crippen molar-refractivity contribution >= 4 is 58.5 Å². The summed E-state index contributed by atoms with van der Waals surface area (Å²) in [5.74, 6) is -5.35. The van der Waals surface area contributed by atoms with Crippen LogP contribution in [-0.4, -0.2) is 76.3 Å². The third-order valence-corrected chi connectivity index (χ3v) is 10.2. The van der Waals surface area contributed by atoms with Crippen LogP contribution in [0.5, 0.6) is 0 Å². The van der Waals surface area contributed by atoms with E-state index in [4.69, 9.17) is 4.74 Å². The quantitative estimate of drug-likeness (QED) is 0.105. The summed E-state index contributed by atoms with van der Waals surface area (Å²) in [7, 11) is 0. The highest BCUT2D eigenvalue weighted by Crippen LogP contribution is 2.21. The second-order valence-electron chi connectivity index (χ2n) is 15.3. The maximum atomic E-state index is 14.3. The summed E-state index contributed by atoms with van der Waals surface area (Å²) in [4.78, 5) is 94.5. The summed E-state index contributed by atoms with van der Waals surface area (Å²) in [5.41, 5.74) is 2.65. The number of anilines is 1. The molecule has 14 nitrogen and oxygen atoms in total. The number of hydrogen-bond acceptors (Lipinski definition) is 9. The summed E-state index contributed by atoms with van der Waals surface area (Å²) < 4.78 is 5.44. The van der Waals surface area contributed by atoms with Crippen LogP contribution in [0.2, 0.25) is 0 Å². The topological polar surface area (TPSA) is 209 Å². The van der Waals surface area contributed by atoms with Crippen LogP contribution in [-0.2, 0) is 57.6 Å². The Morgan fingerprint density at radius 2 is 1.31 bits per heavy atom. The fourth-order valence-electron chi connectivity index (χ4n) is 6.37. The van der Waals surface area contributed by atoms with Crippen molar-refractivity contribution in [2.45, 2.75) is 95.5 Å². The number of esters is 1. The molecule has 4 aromatic rings. The Bertz CT molecular complexity index is 2100. The molecule has 3 heterocycles. The van der Waals surface area contributed by atoms with Gasteiger partial charge in [0.15, 0.2) is 0 Å². The van der Waals surface area contributed by atoms with Crippen LogP contribution in [0.25, 0.3) is 11.1 Å². The molecule has 6 N–H and O–H groups in total. The summed E-state index contributed by atoms with van der Waals surface area (Å²) >= 11 is 1.38. The number of hydrogen-bond donors (Lipinski definition) is 6. The molecule has 0 fully saturated rings. The van der Waals surface area contributed by atoms with Crippen LogP contribution in [0.1, 0.15) is 62.5 Å². The van der Waals surface area contributed by atoms with Crippen LogP contribution >= 0.6 is 11.3 Å². The number of fused-ring (bicyclic) bond motifs is 18. The number of carbonyl (C=O) groups is 7. The van der Waals surface area contributed by atoms with Gasteiger partial charge in [-0.15, -0.1) is 11.3 Å². The lowest BCUT2D eigenvalue weighted by atomic mass is 9.99. The van der Waals surface area contributed by atoms with E-state index >= 15 is 0 Å². The van der Waals surface area contributed by atoms with Gasteiger partial charge < -0.3 is 36.4 Å². The molecule has 4 unspecified atom stereocenters.